The Labute approximate surface area is 75.3 Å². The molecular weight excluding hydrogens is 173 g/mol. The standard InChI is InChI=1S/C9H10FNO2/c1-2-3-7-4-5-8(10)9(6-7)11(12)13/h4-6H,2-3H2,1H3. The topological polar surface area (TPSA) is 43.1 Å². The van der Waals surface area contributed by atoms with Gasteiger partial charge in [-0.05, 0) is 18.1 Å². The number of nitro benzene ring substituents is 1. The van der Waals surface area contributed by atoms with Crippen LogP contribution in [0.5, 0.6) is 0 Å². The number of halogens is 1. The second-order valence-corrected chi connectivity index (χ2v) is 2.79. The van der Waals surface area contributed by atoms with Crippen LogP contribution in [0.25, 0.3) is 0 Å². The number of nitrogens with zero attached hydrogens (tertiary/aromatic N) is 1. The molecule has 13 heavy (non-hydrogen) atoms. The molecular formula is C9H10FNO2. The Kier molecular flexibility index (Phi) is 2.95. The molecule has 0 aliphatic heterocycles. The monoisotopic (exact) mass is 183 g/mol. The molecule has 0 N–H and O–H groups in total. The third-order valence-electron chi connectivity index (χ3n) is 1.75. The second kappa shape index (κ2) is 3.98. The van der Waals surface area contributed by atoms with Crippen LogP contribution in [-0.4, -0.2) is 4.92 Å². The highest BCUT2D eigenvalue weighted by Gasteiger charge is 2.13. The summed E-state index contributed by atoms with van der Waals surface area (Å²) in [4.78, 5) is 9.64. The van der Waals surface area contributed by atoms with E-state index in [4.69, 9.17) is 0 Å². The maximum Gasteiger partial charge on any atom is 0.305 e. The molecule has 0 fully saturated rings. The number of rotatable bonds is 3. The minimum Gasteiger partial charge on any atom is -0.258 e. The maximum atomic E-state index is 12.8. The lowest BCUT2D eigenvalue weighted by atomic mass is 10.1. The second-order valence-electron chi connectivity index (χ2n) is 2.79. The summed E-state index contributed by atoms with van der Waals surface area (Å²) in [6.45, 7) is 1.97. The van der Waals surface area contributed by atoms with Crippen molar-refractivity contribution >= 4 is 5.69 Å². The molecule has 0 atom stereocenters. The summed E-state index contributed by atoms with van der Waals surface area (Å²) in [5, 5.41) is 10.3. The van der Waals surface area contributed by atoms with Gasteiger partial charge in [0.2, 0.25) is 5.82 Å². The van der Waals surface area contributed by atoms with Gasteiger partial charge in [0.05, 0.1) is 4.92 Å². The number of hydrogen-bond acceptors (Lipinski definition) is 2. The lowest BCUT2D eigenvalue weighted by Gasteiger charge is -1.98. The van der Waals surface area contributed by atoms with Gasteiger partial charge in [-0.15, -0.1) is 0 Å². The van der Waals surface area contributed by atoms with Crippen molar-refractivity contribution < 1.29 is 9.31 Å². The molecule has 0 aliphatic rings. The molecule has 0 amide bonds. The average Bonchev–Trinajstić information content (AvgIpc) is 2.08. The van der Waals surface area contributed by atoms with Crippen LogP contribution in [0.15, 0.2) is 18.2 Å². The molecule has 3 nitrogen and oxygen atoms in total. The molecule has 0 radical (unpaired) electrons. The summed E-state index contributed by atoms with van der Waals surface area (Å²) in [6, 6.07) is 4.01. The van der Waals surface area contributed by atoms with Gasteiger partial charge in [0.25, 0.3) is 0 Å². The fraction of sp³-hybridized carbons (Fsp3) is 0.333. The van der Waals surface area contributed by atoms with Gasteiger partial charge in [-0.3, -0.25) is 10.1 Å². The van der Waals surface area contributed by atoms with Crippen LogP contribution < -0.4 is 0 Å². The van der Waals surface area contributed by atoms with Crippen LogP contribution >= 0.6 is 0 Å². The maximum absolute atomic E-state index is 12.8. The van der Waals surface area contributed by atoms with E-state index in [0.29, 0.717) is 0 Å². The lowest BCUT2D eigenvalue weighted by Crippen LogP contribution is -1.94. The van der Waals surface area contributed by atoms with Crippen LogP contribution in [0.3, 0.4) is 0 Å². The first-order valence-corrected chi connectivity index (χ1v) is 4.08. The SMILES string of the molecule is CCCc1ccc(F)c([N+](=O)[O-])c1. The van der Waals surface area contributed by atoms with Crippen molar-refractivity contribution in [3.63, 3.8) is 0 Å². The van der Waals surface area contributed by atoms with Crippen molar-refractivity contribution in [1.82, 2.24) is 0 Å². The van der Waals surface area contributed by atoms with Gasteiger partial charge < -0.3 is 0 Å². The predicted molar refractivity (Wildman–Crippen MR) is 47.0 cm³/mol. The first-order valence-electron chi connectivity index (χ1n) is 4.08. The number of aryl methyl sites for hydroxylation is 1. The summed E-state index contributed by atoms with van der Waals surface area (Å²) < 4.78 is 12.8. The summed E-state index contributed by atoms with van der Waals surface area (Å²) in [5.41, 5.74) is 0.363. The molecule has 0 saturated heterocycles. The van der Waals surface area contributed by atoms with E-state index in [0.717, 1.165) is 24.5 Å². The van der Waals surface area contributed by atoms with Crippen molar-refractivity contribution in [3.05, 3.63) is 39.7 Å². The Morgan fingerprint density at radius 3 is 2.77 bits per heavy atom. The number of nitro groups is 1. The van der Waals surface area contributed by atoms with Crippen LogP contribution in [0.4, 0.5) is 10.1 Å². The fourth-order valence-electron chi connectivity index (χ4n) is 1.14. The zero-order chi connectivity index (χ0) is 9.84. The van der Waals surface area contributed by atoms with Crippen molar-refractivity contribution in [2.45, 2.75) is 19.8 Å². The van der Waals surface area contributed by atoms with Crippen molar-refractivity contribution in [2.75, 3.05) is 0 Å². The zero-order valence-corrected chi connectivity index (χ0v) is 7.29. The van der Waals surface area contributed by atoms with Gasteiger partial charge >= 0.3 is 5.69 Å². The average molecular weight is 183 g/mol. The molecule has 0 bridgehead atoms. The molecule has 1 aromatic carbocycles. The van der Waals surface area contributed by atoms with E-state index in [1.807, 2.05) is 6.92 Å². The summed E-state index contributed by atoms with van der Waals surface area (Å²) in [7, 11) is 0. The lowest BCUT2D eigenvalue weighted by molar-refractivity contribution is -0.387. The molecule has 0 unspecified atom stereocenters. The molecule has 1 aromatic rings. The summed E-state index contributed by atoms with van der Waals surface area (Å²) in [5.74, 6) is -0.773. The summed E-state index contributed by atoms with van der Waals surface area (Å²) in [6.07, 6.45) is 1.63. The van der Waals surface area contributed by atoms with E-state index in [2.05, 4.69) is 0 Å². The molecule has 0 aliphatic carbocycles. The van der Waals surface area contributed by atoms with Gasteiger partial charge in [0, 0.05) is 6.07 Å². The number of hydrogen-bond donors (Lipinski definition) is 0. The molecule has 1 rings (SSSR count). The minimum atomic E-state index is -0.773. The Balaban J connectivity index is 3.04. The van der Waals surface area contributed by atoms with Crippen LogP contribution in [0.1, 0.15) is 18.9 Å². The van der Waals surface area contributed by atoms with Gasteiger partial charge in [-0.1, -0.05) is 19.4 Å². The molecule has 0 heterocycles. The molecule has 0 spiro atoms. The van der Waals surface area contributed by atoms with E-state index in [1.165, 1.54) is 6.07 Å². The number of benzene rings is 1. The largest absolute Gasteiger partial charge is 0.305 e. The Bertz CT molecular complexity index is 325. The van der Waals surface area contributed by atoms with E-state index in [-0.39, 0.29) is 0 Å². The Morgan fingerprint density at radius 2 is 2.23 bits per heavy atom. The van der Waals surface area contributed by atoms with Gasteiger partial charge in [-0.2, -0.15) is 4.39 Å². The first-order chi connectivity index (χ1) is 6.15. The quantitative estimate of drug-likeness (QED) is 0.534. The summed E-state index contributed by atoms with van der Waals surface area (Å²) >= 11 is 0. The van der Waals surface area contributed by atoms with Crippen molar-refractivity contribution in [1.29, 1.82) is 0 Å². The highest BCUT2D eigenvalue weighted by molar-refractivity contribution is 5.36. The molecule has 0 aromatic heterocycles. The van der Waals surface area contributed by atoms with Crippen molar-refractivity contribution in [2.24, 2.45) is 0 Å². The van der Waals surface area contributed by atoms with Crippen LogP contribution in [0, 0.1) is 15.9 Å². The first kappa shape index (κ1) is 9.64. The predicted octanol–water partition coefficient (Wildman–Crippen LogP) is 2.69. The van der Waals surface area contributed by atoms with Crippen LogP contribution in [-0.2, 0) is 6.42 Å². The normalized spacial score (nSPS) is 10.0. The van der Waals surface area contributed by atoms with E-state index < -0.39 is 16.4 Å². The third kappa shape index (κ3) is 2.24. The highest BCUT2D eigenvalue weighted by atomic mass is 19.1. The minimum absolute atomic E-state index is 0.439. The van der Waals surface area contributed by atoms with Gasteiger partial charge in [0.15, 0.2) is 0 Å². The molecule has 4 heteroatoms. The highest BCUT2D eigenvalue weighted by Crippen LogP contribution is 2.19. The van der Waals surface area contributed by atoms with Gasteiger partial charge in [0.1, 0.15) is 0 Å². The molecule has 0 saturated carbocycles. The van der Waals surface area contributed by atoms with E-state index in [1.54, 1.807) is 6.07 Å². The van der Waals surface area contributed by atoms with Crippen LogP contribution in [0.2, 0.25) is 0 Å². The smallest absolute Gasteiger partial charge is 0.258 e. The Morgan fingerprint density at radius 1 is 1.54 bits per heavy atom. The Hall–Kier alpha value is -1.45. The zero-order valence-electron chi connectivity index (χ0n) is 7.29. The third-order valence-corrected chi connectivity index (χ3v) is 1.75. The molecule has 70 valence electrons. The van der Waals surface area contributed by atoms with E-state index >= 15 is 0 Å². The van der Waals surface area contributed by atoms with E-state index in [9.17, 15) is 14.5 Å². The fourth-order valence-corrected chi connectivity index (χ4v) is 1.14. The van der Waals surface area contributed by atoms with Crippen molar-refractivity contribution in [3.8, 4) is 0 Å². The van der Waals surface area contributed by atoms with Gasteiger partial charge in [-0.25, -0.2) is 0 Å².